The normalized spacial score (nSPS) is 10.7. The van der Waals surface area contributed by atoms with Gasteiger partial charge in [-0.05, 0) is 47.2 Å². The fourth-order valence-electron chi connectivity index (χ4n) is 3.56. The molecular weight excluding hydrogens is 448 g/mol. The van der Waals surface area contributed by atoms with E-state index in [2.05, 4.69) is 13.0 Å². The van der Waals surface area contributed by atoms with E-state index < -0.39 is 0 Å². The Labute approximate surface area is 205 Å². The number of hydrogen-bond donors (Lipinski definition) is 0. The third kappa shape index (κ3) is 7.43. The van der Waals surface area contributed by atoms with Gasteiger partial charge >= 0.3 is 0 Å². The van der Waals surface area contributed by atoms with Gasteiger partial charge < -0.3 is 19.3 Å². The number of ether oxygens (including phenoxy) is 2. The lowest BCUT2D eigenvalue weighted by atomic mass is 10.1. The minimum atomic E-state index is -0.109. The summed E-state index contributed by atoms with van der Waals surface area (Å²) < 4.78 is 10.4. The van der Waals surface area contributed by atoms with Crippen molar-refractivity contribution in [2.75, 3.05) is 33.9 Å². The zero-order valence-corrected chi connectivity index (χ0v) is 20.8. The summed E-state index contributed by atoms with van der Waals surface area (Å²) in [5, 5.41) is 2.04. The summed E-state index contributed by atoms with van der Waals surface area (Å²) in [4.78, 5) is 31.2. The van der Waals surface area contributed by atoms with Gasteiger partial charge in [-0.25, -0.2) is 0 Å². The lowest BCUT2D eigenvalue weighted by molar-refractivity contribution is -0.141. The molecule has 0 radical (unpaired) electrons. The smallest absolute Gasteiger partial charge is 0.242 e. The summed E-state index contributed by atoms with van der Waals surface area (Å²) in [6, 6.07) is 19.4. The van der Waals surface area contributed by atoms with Gasteiger partial charge in [-0.1, -0.05) is 42.5 Å². The molecule has 0 saturated heterocycles. The molecule has 0 N–H and O–H groups in total. The molecule has 0 unspecified atom stereocenters. The molecule has 3 aromatic rings. The predicted molar refractivity (Wildman–Crippen MR) is 135 cm³/mol. The topological polar surface area (TPSA) is 59.1 Å². The minimum Gasteiger partial charge on any atom is -0.497 e. The van der Waals surface area contributed by atoms with Crippen LogP contribution < -0.4 is 4.74 Å². The molecule has 7 heteroatoms. The Morgan fingerprint density at radius 1 is 0.853 bits per heavy atom. The summed E-state index contributed by atoms with van der Waals surface area (Å²) in [6.07, 6.45) is 0.212. The van der Waals surface area contributed by atoms with E-state index in [4.69, 9.17) is 9.47 Å². The average Bonchev–Trinajstić information content (AvgIpc) is 3.26. The van der Waals surface area contributed by atoms with E-state index in [0.29, 0.717) is 26.2 Å². The quantitative estimate of drug-likeness (QED) is 0.388. The molecule has 0 aliphatic carbocycles. The molecule has 1 aromatic heterocycles. The summed E-state index contributed by atoms with van der Waals surface area (Å²) >= 11 is 1.64. The van der Waals surface area contributed by atoms with Crippen LogP contribution in [0.15, 0.2) is 66.0 Å². The second kappa shape index (κ2) is 12.9. The molecule has 0 saturated carbocycles. The number of rotatable bonds is 12. The highest BCUT2D eigenvalue weighted by Gasteiger charge is 2.22. The number of nitrogens with zero attached hydrogens (tertiary/aromatic N) is 2. The largest absolute Gasteiger partial charge is 0.497 e. The average molecular weight is 481 g/mol. The van der Waals surface area contributed by atoms with E-state index in [0.717, 1.165) is 21.8 Å². The van der Waals surface area contributed by atoms with Gasteiger partial charge in [0.15, 0.2) is 0 Å². The number of carbonyl (C=O) groups is 2. The number of thiophene rings is 1. The third-order valence-electron chi connectivity index (χ3n) is 5.63. The van der Waals surface area contributed by atoms with Crippen molar-refractivity contribution in [2.45, 2.75) is 26.4 Å². The van der Waals surface area contributed by atoms with Crippen LogP contribution in [0.4, 0.5) is 0 Å². The van der Waals surface area contributed by atoms with E-state index in [-0.39, 0.29) is 24.8 Å². The van der Waals surface area contributed by atoms with Crippen molar-refractivity contribution < 1.29 is 19.1 Å². The first-order valence-corrected chi connectivity index (χ1v) is 12.1. The van der Waals surface area contributed by atoms with Crippen LogP contribution in [0.3, 0.4) is 0 Å². The molecule has 0 spiro atoms. The number of benzene rings is 2. The van der Waals surface area contributed by atoms with Gasteiger partial charge in [-0.3, -0.25) is 9.59 Å². The number of hydrogen-bond acceptors (Lipinski definition) is 5. The Bertz CT molecular complexity index is 1050. The van der Waals surface area contributed by atoms with Crippen LogP contribution in [0.1, 0.15) is 21.6 Å². The summed E-state index contributed by atoms with van der Waals surface area (Å²) in [5.74, 6) is 0.543. The van der Waals surface area contributed by atoms with E-state index in [1.54, 1.807) is 30.5 Å². The van der Waals surface area contributed by atoms with Crippen molar-refractivity contribution in [3.05, 3.63) is 87.6 Å². The number of carbonyl (C=O) groups excluding carboxylic acids is 2. The van der Waals surface area contributed by atoms with Crippen molar-refractivity contribution in [1.29, 1.82) is 0 Å². The summed E-state index contributed by atoms with van der Waals surface area (Å²) in [5.41, 5.74) is 3.09. The highest BCUT2D eigenvalue weighted by atomic mass is 32.1. The summed E-state index contributed by atoms with van der Waals surface area (Å²) in [7, 11) is 3.20. The zero-order valence-electron chi connectivity index (χ0n) is 20.0. The first-order chi connectivity index (χ1) is 16.5. The Hall–Kier alpha value is -3.16. The first-order valence-electron chi connectivity index (χ1n) is 11.2. The van der Waals surface area contributed by atoms with Crippen LogP contribution >= 0.6 is 11.3 Å². The van der Waals surface area contributed by atoms with Crippen molar-refractivity contribution in [2.24, 2.45) is 0 Å². The maximum absolute atomic E-state index is 13.5. The Morgan fingerprint density at radius 2 is 1.59 bits per heavy atom. The molecule has 0 aliphatic rings. The summed E-state index contributed by atoms with van der Waals surface area (Å²) in [6.45, 7) is 3.79. The van der Waals surface area contributed by atoms with Crippen molar-refractivity contribution in [3.8, 4) is 5.75 Å². The maximum atomic E-state index is 13.5. The second-order valence-corrected chi connectivity index (χ2v) is 9.10. The molecule has 180 valence electrons. The maximum Gasteiger partial charge on any atom is 0.242 e. The molecule has 2 aromatic carbocycles. The molecule has 0 bridgehead atoms. The van der Waals surface area contributed by atoms with Gasteiger partial charge in [0.2, 0.25) is 11.8 Å². The highest BCUT2D eigenvalue weighted by molar-refractivity contribution is 7.10. The van der Waals surface area contributed by atoms with Gasteiger partial charge in [0.1, 0.15) is 5.75 Å². The van der Waals surface area contributed by atoms with Gasteiger partial charge in [0, 0.05) is 25.1 Å². The van der Waals surface area contributed by atoms with Crippen LogP contribution in [-0.2, 0) is 33.8 Å². The zero-order chi connectivity index (χ0) is 24.3. The lowest BCUT2D eigenvalue weighted by Crippen LogP contribution is -2.44. The molecule has 34 heavy (non-hydrogen) atoms. The van der Waals surface area contributed by atoms with Crippen LogP contribution in [0, 0.1) is 6.92 Å². The second-order valence-electron chi connectivity index (χ2n) is 8.10. The number of methoxy groups -OCH3 is 2. The van der Waals surface area contributed by atoms with Crippen LogP contribution in [0.25, 0.3) is 0 Å². The minimum absolute atomic E-state index is 0.00953. The third-order valence-corrected chi connectivity index (χ3v) is 6.64. The predicted octanol–water partition coefficient (Wildman–Crippen LogP) is 4.31. The molecular formula is C27H32N2O4S. The molecule has 6 nitrogen and oxygen atoms in total. The van der Waals surface area contributed by atoms with Crippen molar-refractivity contribution >= 4 is 23.2 Å². The standard InChI is InChI=1S/C27H32N2O4S/c1-21-13-16-34-25(21)19-29(18-23-7-5-4-6-8-23)27(31)20-28(14-15-32-2)26(30)17-22-9-11-24(33-3)12-10-22/h4-13,16H,14-15,17-20H2,1-3H3. The Kier molecular flexibility index (Phi) is 9.67. The number of amides is 2. The highest BCUT2D eigenvalue weighted by Crippen LogP contribution is 2.20. The van der Waals surface area contributed by atoms with Gasteiger partial charge in [-0.15, -0.1) is 11.3 Å². The van der Waals surface area contributed by atoms with Crippen molar-refractivity contribution in [1.82, 2.24) is 9.80 Å². The Morgan fingerprint density at radius 3 is 2.21 bits per heavy atom. The van der Waals surface area contributed by atoms with Crippen LogP contribution in [0.5, 0.6) is 5.75 Å². The molecule has 1 heterocycles. The molecule has 3 rings (SSSR count). The molecule has 2 amide bonds. The van der Waals surface area contributed by atoms with Crippen LogP contribution in [0.2, 0.25) is 0 Å². The lowest BCUT2D eigenvalue weighted by Gasteiger charge is -2.28. The molecule has 0 fully saturated rings. The van der Waals surface area contributed by atoms with Crippen LogP contribution in [-0.4, -0.2) is 55.5 Å². The van der Waals surface area contributed by atoms with E-state index in [1.807, 2.05) is 64.9 Å². The fraction of sp³-hybridized carbons (Fsp3) is 0.333. The first kappa shape index (κ1) is 25.5. The SMILES string of the molecule is COCCN(CC(=O)N(Cc1ccccc1)Cc1sccc1C)C(=O)Cc1ccc(OC)cc1. The van der Waals surface area contributed by atoms with E-state index in [9.17, 15) is 9.59 Å². The number of aryl methyl sites for hydroxylation is 1. The molecule has 0 atom stereocenters. The van der Waals surface area contributed by atoms with Gasteiger partial charge in [-0.2, -0.15) is 0 Å². The van der Waals surface area contributed by atoms with Gasteiger partial charge in [0.25, 0.3) is 0 Å². The monoisotopic (exact) mass is 480 g/mol. The fourth-order valence-corrected chi connectivity index (χ4v) is 4.48. The van der Waals surface area contributed by atoms with Crippen molar-refractivity contribution in [3.63, 3.8) is 0 Å². The van der Waals surface area contributed by atoms with E-state index in [1.165, 1.54) is 5.56 Å². The Balaban J connectivity index is 1.74. The molecule has 0 aliphatic heterocycles. The van der Waals surface area contributed by atoms with E-state index >= 15 is 0 Å². The van der Waals surface area contributed by atoms with Gasteiger partial charge in [0.05, 0.1) is 33.2 Å².